The summed E-state index contributed by atoms with van der Waals surface area (Å²) in [6.45, 7) is 1.87. The Balaban J connectivity index is 1.94. The van der Waals surface area contributed by atoms with Crippen LogP contribution in [0.15, 0.2) is 34.2 Å². The van der Waals surface area contributed by atoms with Gasteiger partial charge in [-0.3, -0.25) is 0 Å². The Morgan fingerprint density at radius 3 is 2.50 bits per heavy atom. The van der Waals surface area contributed by atoms with Crippen LogP contribution in [-0.2, 0) is 0 Å². The molecule has 0 aliphatic heterocycles. The molecule has 0 aliphatic rings. The second-order valence-electron chi connectivity index (χ2n) is 4.06. The summed E-state index contributed by atoms with van der Waals surface area (Å²) in [4.78, 5) is 15.8. The number of benzene rings is 1. The summed E-state index contributed by atoms with van der Waals surface area (Å²) in [5, 5.41) is 16.8. The van der Waals surface area contributed by atoms with Gasteiger partial charge in [0.25, 0.3) is 5.89 Å². The van der Waals surface area contributed by atoms with Gasteiger partial charge in [0.1, 0.15) is 4.88 Å². The Kier molecular flexibility index (Phi) is 3.03. The Hall–Kier alpha value is -2.54. The Labute approximate surface area is 117 Å². The molecule has 2 heterocycles. The van der Waals surface area contributed by atoms with Crippen LogP contribution in [0.5, 0.6) is 0 Å². The molecule has 6 nitrogen and oxygen atoms in total. The van der Waals surface area contributed by atoms with Gasteiger partial charge in [0.15, 0.2) is 0 Å². The molecule has 0 bridgehead atoms. The smallest absolute Gasteiger partial charge is 0.335 e. The van der Waals surface area contributed by atoms with Gasteiger partial charge in [0.05, 0.1) is 16.8 Å². The summed E-state index contributed by atoms with van der Waals surface area (Å²) in [6.07, 6.45) is 0. The molecule has 1 aromatic carbocycles. The quantitative estimate of drug-likeness (QED) is 0.796. The van der Waals surface area contributed by atoms with E-state index in [9.17, 15) is 4.79 Å². The zero-order valence-electron chi connectivity index (χ0n) is 10.4. The number of aryl methyl sites for hydroxylation is 1. The lowest BCUT2D eigenvalue weighted by Crippen LogP contribution is -1.94. The van der Waals surface area contributed by atoms with Crippen molar-refractivity contribution in [3.8, 4) is 22.2 Å². The molecule has 0 radical (unpaired) electrons. The topological polar surface area (TPSA) is 89.1 Å². The lowest BCUT2D eigenvalue weighted by atomic mass is 10.1. The van der Waals surface area contributed by atoms with Gasteiger partial charge < -0.3 is 9.52 Å². The molecule has 7 heteroatoms. The molecule has 0 atom stereocenters. The fourth-order valence-electron chi connectivity index (χ4n) is 1.69. The van der Waals surface area contributed by atoms with Crippen LogP contribution in [0.25, 0.3) is 22.2 Å². The maximum atomic E-state index is 10.8. The molecule has 2 aromatic heterocycles. The van der Waals surface area contributed by atoms with Gasteiger partial charge in [-0.2, -0.15) is 0 Å². The summed E-state index contributed by atoms with van der Waals surface area (Å²) >= 11 is 1.43. The lowest BCUT2D eigenvalue weighted by molar-refractivity contribution is 0.0697. The summed E-state index contributed by atoms with van der Waals surface area (Å²) in [5.74, 6) is -0.199. The molecule has 0 saturated heterocycles. The maximum absolute atomic E-state index is 10.8. The number of nitrogens with zero attached hydrogens (tertiary/aromatic N) is 3. The van der Waals surface area contributed by atoms with Crippen molar-refractivity contribution in [2.24, 2.45) is 0 Å². The van der Waals surface area contributed by atoms with Crippen molar-refractivity contribution in [2.75, 3.05) is 0 Å². The number of aromatic nitrogens is 3. The highest BCUT2D eigenvalue weighted by Crippen LogP contribution is 2.28. The second-order valence-corrected chi connectivity index (χ2v) is 4.92. The molecule has 0 aliphatic carbocycles. The van der Waals surface area contributed by atoms with Crippen LogP contribution in [0.4, 0.5) is 0 Å². The number of hydrogen-bond acceptors (Lipinski definition) is 6. The van der Waals surface area contributed by atoms with Crippen molar-refractivity contribution in [3.05, 3.63) is 41.0 Å². The predicted octanol–water partition coefficient (Wildman–Crippen LogP) is 2.87. The Morgan fingerprint density at radius 1 is 1.20 bits per heavy atom. The van der Waals surface area contributed by atoms with E-state index < -0.39 is 5.97 Å². The monoisotopic (exact) mass is 287 g/mol. The molecule has 0 saturated carbocycles. The molecule has 3 rings (SSSR count). The maximum Gasteiger partial charge on any atom is 0.335 e. The van der Waals surface area contributed by atoms with Crippen molar-refractivity contribution in [2.45, 2.75) is 6.92 Å². The standard InChI is InChI=1S/C13H9N3O3S/c1-7-10(20-6-14-7)12-16-15-11(19-12)8-2-4-9(5-3-8)13(17)18/h2-6H,1H3,(H,17,18). The first-order valence-corrected chi connectivity index (χ1v) is 6.61. The molecule has 0 amide bonds. The van der Waals surface area contributed by atoms with Gasteiger partial charge in [-0.25, -0.2) is 9.78 Å². The van der Waals surface area contributed by atoms with E-state index in [2.05, 4.69) is 15.2 Å². The van der Waals surface area contributed by atoms with E-state index in [4.69, 9.17) is 9.52 Å². The number of carboxylic acid groups (broad SMARTS) is 1. The van der Waals surface area contributed by atoms with Crippen molar-refractivity contribution < 1.29 is 14.3 Å². The van der Waals surface area contributed by atoms with E-state index >= 15 is 0 Å². The normalized spacial score (nSPS) is 10.7. The predicted molar refractivity (Wildman–Crippen MR) is 72.5 cm³/mol. The molecule has 0 unspecified atom stereocenters. The summed E-state index contributed by atoms with van der Waals surface area (Å²) in [6, 6.07) is 6.28. The van der Waals surface area contributed by atoms with Crippen LogP contribution in [0.2, 0.25) is 0 Å². The first kappa shape index (κ1) is 12.5. The number of aromatic carboxylic acids is 1. The van der Waals surface area contributed by atoms with Crippen LogP contribution in [-0.4, -0.2) is 26.3 Å². The first-order chi connectivity index (χ1) is 9.65. The zero-order chi connectivity index (χ0) is 14.1. The fraction of sp³-hybridized carbons (Fsp3) is 0.0769. The summed E-state index contributed by atoms with van der Waals surface area (Å²) in [7, 11) is 0. The van der Waals surface area contributed by atoms with Crippen LogP contribution >= 0.6 is 11.3 Å². The molecule has 20 heavy (non-hydrogen) atoms. The minimum atomic E-state index is -0.969. The number of rotatable bonds is 3. The van der Waals surface area contributed by atoms with E-state index in [1.54, 1.807) is 17.6 Å². The van der Waals surface area contributed by atoms with Crippen LogP contribution in [0.3, 0.4) is 0 Å². The van der Waals surface area contributed by atoms with Gasteiger partial charge in [0, 0.05) is 5.56 Å². The molecule has 0 fully saturated rings. The average molecular weight is 287 g/mol. The van der Waals surface area contributed by atoms with E-state index in [0.717, 1.165) is 10.6 Å². The van der Waals surface area contributed by atoms with Crippen LogP contribution in [0, 0.1) is 6.92 Å². The number of carboxylic acids is 1. The van der Waals surface area contributed by atoms with E-state index in [1.165, 1.54) is 23.5 Å². The third-order valence-electron chi connectivity index (χ3n) is 2.74. The summed E-state index contributed by atoms with van der Waals surface area (Å²) in [5.41, 5.74) is 3.45. The highest BCUT2D eigenvalue weighted by atomic mass is 32.1. The van der Waals surface area contributed by atoms with Gasteiger partial charge in [-0.05, 0) is 31.2 Å². The number of hydrogen-bond donors (Lipinski definition) is 1. The van der Waals surface area contributed by atoms with E-state index in [-0.39, 0.29) is 5.56 Å². The van der Waals surface area contributed by atoms with Crippen molar-refractivity contribution in [3.63, 3.8) is 0 Å². The first-order valence-electron chi connectivity index (χ1n) is 5.73. The highest BCUT2D eigenvalue weighted by molar-refractivity contribution is 7.13. The minimum absolute atomic E-state index is 0.215. The van der Waals surface area contributed by atoms with Gasteiger partial charge in [0.2, 0.25) is 5.89 Å². The average Bonchev–Trinajstić information content (AvgIpc) is 3.07. The van der Waals surface area contributed by atoms with Crippen LogP contribution < -0.4 is 0 Å². The number of carbonyl (C=O) groups is 1. The molecule has 0 spiro atoms. The van der Waals surface area contributed by atoms with E-state index in [1.807, 2.05) is 6.92 Å². The van der Waals surface area contributed by atoms with Crippen LogP contribution in [0.1, 0.15) is 16.1 Å². The molecule has 1 N–H and O–H groups in total. The van der Waals surface area contributed by atoms with Gasteiger partial charge in [-0.15, -0.1) is 21.5 Å². The molecular weight excluding hydrogens is 278 g/mol. The molecule has 3 aromatic rings. The van der Waals surface area contributed by atoms with Gasteiger partial charge >= 0.3 is 5.97 Å². The molecular formula is C13H9N3O3S. The third kappa shape index (κ3) is 2.19. The van der Waals surface area contributed by atoms with Gasteiger partial charge in [-0.1, -0.05) is 0 Å². The van der Waals surface area contributed by atoms with Crippen molar-refractivity contribution >= 4 is 17.3 Å². The minimum Gasteiger partial charge on any atom is -0.478 e. The fourth-order valence-corrected chi connectivity index (χ4v) is 2.42. The number of thiazole rings is 1. The lowest BCUT2D eigenvalue weighted by Gasteiger charge is -1.96. The summed E-state index contributed by atoms with van der Waals surface area (Å²) < 4.78 is 5.60. The SMILES string of the molecule is Cc1ncsc1-c1nnc(-c2ccc(C(=O)O)cc2)o1. The largest absolute Gasteiger partial charge is 0.478 e. The Morgan fingerprint density at radius 2 is 1.90 bits per heavy atom. The van der Waals surface area contributed by atoms with E-state index in [0.29, 0.717) is 17.3 Å². The molecule has 100 valence electrons. The highest BCUT2D eigenvalue weighted by Gasteiger charge is 2.14. The second kappa shape index (κ2) is 4.86. The third-order valence-corrected chi connectivity index (χ3v) is 3.66. The van der Waals surface area contributed by atoms with Crippen molar-refractivity contribution in [1.29, 1.82) is 0 Å². The Bertz CT molecular complexity index is 761. The zero-order valence-corrected chi connectivity index (χ0v) is 11.2. The van der Waals surface area contributed by atoms with Crippen molar-refractivity contribution in [1.82, 2.24) is 15.2 Å².